The van der Waals surface area contributed by atoms with Crippen LogP contribution < -0.4 is 10.6 Å². The van der Waals surface area contributed by atoms with E-state index in [2.05, 4.69) is 24.5 Å². The molecule has 0 aromatic rings. The van der Waals surface area contributed by atoms with Gasteiger partial charge < -0.3 is 15.7 Å². The van der Waals surface area contributed by atoms with E-state index in [9.17, 15) is 9.90 Å². The lowest BCUT2D eigenvalue weighted by Crippen LogP contribution is -2.46. The van der Waals surface area contributed by atoms with Gasteiger partial charge in [-0.1, -0.05) is 13.8 Å². The molecule has 1 fully saturated rings. The molecule has 1 rings (SSSR count). The Hall–Kier alpha value is -0.610. The second kappa shape index (κ2) is 6.86. The average Bonchev–Trinajstić information content (AvgIpc) is 2.28. The van der Waals surface area contributed by atoms with Crippen molar-refractivity contribution in [2.45, 2.75) is 39.2 Å². The van der Waals surface area contributed by atoms with Gasteiger partial charge in [0.25, 0.3) is 0 Å². The van der Waals surface area contributed by atoms with Crippen molar-refractivity contribution in [1.29, 1.82) is 0 Å². The Bertz CT molecular complexity index is 213. The molecule has 0 bridgehead atoms. The second-order valence-corrected chi connectivity index (χ2v) is 5.06. The largest absolute Gasteiger partial charge is 0.394 e. The molecule has 2 atom stereocenters. The zero-order valence-corrected chi connectivity index (χ0v) is 10.3. The zero-order chi connectivity index (χ0) is 12.0. The summed E-state index contributed by atoms with van der Waals surface area (Å²) in [6.45, 7) is 6.00. The van der Waals surface area contributed by atoms with Crippen LogP contribution in [0, 0.1) is 11.8 Å². The van der Waals surface area contributed by atoms with Crippen LogP contribution in [0.5, 0.6) is 0 Å². The average molecular weight is 228 g/mol. The van der Waals surface area contributed by atoms with Crippen molar-refractivity contribution in [3.63, 3.8) is 0 Å². The van der Waals surface area contributed by atoms with Gasteiger partial charge in [0, 0.05) is 6.54 Å². The molecule has 0 aromatic carbocycles. The fourth-order valence-corrected chi connectivity index (χ4v) is 2.14. The molecule has 4 nitrogen and oxygen atoms in total. The second-order valence-electron chi connectivity index (χ2n) is 5.06. The summed E-state index contributed by atoms with van der Waals surface area (Å²) in [5.41, 5.74) is 0. The van der Waals surface area contributed by atoms with E-state index >= 15 is 0 Å². The summed E-state index contributed by atoms with van der Waals surface area (Å²) >= 11 is 0. The quantitative estimate of drug-likeness (QED) is 0.642. The van der Waals surface area contributed by atoms with Gasteiger partial charge in [0.15, 0.2) is 0 Å². The van der Waals surface area contributed by atoms with Crippen LogP contribution in [0.25, 0.3) is 0 Å². The third-order valence-electron chi connectivity index (χ3n) is 2.99. The van der Waals surface area contributed by atoms with Gasteiger partial charge >= 0.3 is 0 Å². The first-order valence-corrected chi connectivity index (χ1v) is 6.25. The van der Waals surface area contributed by atoms with Crippen molar-refractivity contribution in [3.8, 4) is 0 Å². The summed E-state index contributed by atoms with van der Waals surface area (Å²) in [4.78, 5) is 11.9. The molecule has 1 aliphatic heterocycles. The number of carbonyl (C=O) groups excluding carboxylic acids is 1. The maximum Gasteiger partial charge on any atom is 0.224 e. The minimum absolute atomic E-state index is 0.0318. The van der Waals surface area contributed by atoms with E-state index in [0.717, 1.165) is 32.4 Å². The van der Waals surface area contributed by atoms with E-state index in [4.69, 9.17) is 0 Å². The molecule has 0 radical (unpaired) electrons. The van der Waals surface area contributed by atoms with E-state index in [1.165, 1.54) is 0 Å². The Kier molecular flexibility index (Phi) is 5.77. The van der Waals surface area contributed by atoms with E-state index in [0.29, 0.717) is 5.92 Å². The van der Waals surface area contributed by atoms with Crippen LogP contribution in [0.1, 0.15) is 33.1 Å². The number of amides is 1. The number of aliphatic hydroxyl groups is 1. The molecular weight excluding hydrogens is 204 g/mol. The number of piperidine rings is 1. The van der Waals surface area contributed by atoms with Crippen molar-refractivity contribution in [2.75, 3.05) is 19.7 Å². The molecule has 94 valence electrons. The summed E-state index contributed by atoms with van der Waals surface area (Å²) in [6.07, 6.45) is 2.85. The van der Waals surface area contributed by atoms with E-state index in [1.807, 2.05) is 0 Å². The summed E-state index contributed by atoms with van der Waals surface area (Å²) in [5.74, 6) is 0.656. The maximum absolute atomic E-state index is 11.9. The number of hydrogen-bond acceptors (Lipinski definition) is 3. The lowest BCUT2D eigenvalue weighted by atomic mass is 9.97. The first-order chi connectivity index (χ1) is 7.63. The minimum Gasteiger partial charge on any atom is -0.394 e. The Labute approximate surface area is 97.8 Å². The lowest BCUT2D eigenvalue weighted by molar-refractivity contribution is -0.126. The van der Waals surface area contributed by atoms with Crippen molar-refractivity contribution in [1.82, 2.24) is 10.6 Å². The van der Waals surface area contributed by atoms with Gasteiger partial charge in [-0.25, -0.2) is 0 Å². The molecular formula is C12H24N2O2. The van der Waals surface area contributed by atoms with Gasteiger partial charge in [-0.2, -0.15) is 0 Å². The predicted octanol–water partition coefficient (Wildman–Crippen LogP) is 0.509. The number of hydrogen-bond donors (Lipinski definition) is 3. The Balaban J connectivity index is 2.35. The standard InChI is InChI=1S/C12H24N2O2/c1-9(2)6-11(8-15)14-12(16)10-4-3-5-13-7-10/h9-11,13,15H,3-8H2,1-2H3,(H,14,16)/t10-,11?/m0/s1. The third-order valence-corrected chi connectivity index (χ3v) is 2.99. The van der Waals surface area contributed by atoms with Crippen LogP contribution in [0.3, 0.4) is 0 Å². The Morgan fingerprint density at radius 1 is 1.56 bits per heavy atom. The van der Waals surface area contributed by atoms with Crippen molar-refractivity contribution < 1.29 is 9.90 Å². The molecule has 0 aromatic heterocycles. The molecule has 1 amide bonds. The first-order valence-electron chi connectivity index (χ1n) is 6.25. The number of aliphatic hydroxyl groups excluding tert-OH is 1. The zero-order valence-electron chi connectivity index (χ0n) is 10.3. The maximum atomic E-state index is 11.9. The van der Waals surface area contributed by atoms with Gasteiger partial charge in [-0.05, 0) is 31.7 Å². The Morgan fingerprint density at radius 2 is 2.31 bits per heavy atom. The number of nitrogens with one attached hydrogen (secondary N) is 2. The first kappa shape index (κ1) is 13.5. The normalized spacial score (nSPS) is 23.1. The van der Waals surface area contributed by atoms with Crippen LogP contribution in [-0.4, -0.2) is 36.8 Å². The van der Waals surface area contributed by atoms with Gasteiger partial charge in [0.05, 0.1) is 18.6 Å². The fraction of sp³-hybridized carbons (Fsp3) is 0.917. The summed E-state index contributed by atoms with van der Waals surface area (Å²) in [7, 11) is 0. The van der Waals surface area contributed by atoms with Crippen molar-refractivity contribution in [3.05, 3.63) is 0 Å². The van der Waals surface area contributed by atoms with Crippen LogP contribution in [0.15, 0.2) is 0 Å². The number of carbonyl (C=O) groups is 1. The highest BCUT2D eigenvalue weighted by atomic mass is 16.3. The van der Waals surface area contributed by atoms with Gasteiger partial charge in [-0.15, -0.1) is 0 Å². The van der Waals surface area contributed by atoms with Crippen LogP contribution in [0.2, 0.25) is 0 Å². The Morgan fingerprint density at radius 3 is 2.81 bits per heavy atom. The van der Waals surface area contributed by atoms with Gasteiger partial charge in [-0.3, -0.25) is 4.79 Å². The molecule has 0 saturated carbocycles. The summed E-state index contributed by atoms with van der Waals surface area (Å²) in [6, 6.07) is -0.0885. The minimum atomic E-state index is -0.0885. The predicted molar refractivity (Wildman–Crippen MR) is 64.1 cm³/mol. The highest BCUT2D eigenvalue weighted by molar-refractivity contribution is 5.79. The highest BCUT2D eigenvalue weighted by Gasteiger charge is 2.23. The SMILES string of the molecule is CC(C)CC(CO)NC(=O)[C@H]1CCCNC1. The summed E-state index contributed by atoms with van der Waals surface area (Å²) < 4.78 is 0. The monoisotopic (exact) mass is 228 g/mol. The van der Waals surface area contributed by atoms with Crippen LogP contribution in [-0.2, 0) is 4.79 Å². The highest BCUT2D eigenvalue weighted by Crippen LogP contribution is 2.11. The van der Waals surface area contributed by atoms with Gasteiger partial charge in [0.2, 0.25) is 5.91 Å². The van der Waals surface area contributed by atoms with Crippen LogP contribution >= 0.6 is 0 Å². The molecule has 1 unspecified atom stereocenters. The van der Waals surface area contributed by atoms with Crippen molar-refractivity contribution >= 4 is 5.91 Å². The fourth-order valence-electron chi connectivity index (χ4n) is 2.14. The molecule has 1 saturated heterocycles. The van der Waals surface area contributed by atoms with E-state index in [-0.39, 0.29) is 24.5 Å². The molecule has 3 N–H and O–H groups in total. The topological polar surface area (TPSA) is 61.4 Å². The molecule has 1 heterocycles. The molecule has 16 heavy (non-hydrogen) atoms. The smallest absolute Gasteiger partial charge is 0.224 e. The summed E-state index contributed by atoms with van der Waals surface area (Å²) in [5, 5.41) is 15.4. The van der Waals surface area contributed by atoms with Crippen molar-refractivity contribution in [2.24, 2.45) is 11.8 Å². The lowest BCUT2D eigenvalue weighted by Gasteiger charge is -2.25. The van der Waals surface area contributed by atoms with E-state index in [1.54, 1.807) is 0 Å². The van der Waals surface area contributed by atoms with Gasteiger partial charge in [0.1, 0.15) is 0 Å². The number of rotatable bonds is 5. The van der Waals surface area contributed by atoms with Crippen LogP contribution in [0.4, 0.5) is 0 Å². The molecule has 1 aliphatic rings. The molecule has 4 heteroatoms. The molecule has 0 aliphatic carbocycles. The van der Waals surface area contributed by atoms with E-state index < -0.39 is 0 Å². The third kappa shape index (κ3) is 4.49. The molecule has 0 spiro atoms.